The molecule has 2 aromatic rings. The minimum atomic E-state index is -0.141. The van der Waals surface area contributed by atoms with Gasteiger partial charge in [0.05, 0.1) is 12.8 Å². The van der Waals surface area contributed by atoms with Gasteiger partial charge in [0.1, 0.15) is 12.0 Å². The number of nitrogens with zero attached hydrogens (tertiary/aromatic N) is 2. The van der Waals surface area contributed by atoms with Crippen LogP contribution in [0.1, 0.15) is 5.69 Å². The van der Waals surface area contributed by atoms with Crippen LogP contribution in [0.5, 0.6) is 0 Å². The van der Waals surface area contributed by atoms with E-state index in [0.29, 0.717) is 17.3 Å². The Morgan fingerprint density at radius 3 is 3.00 bits per heavy atom. The molecule has 0 bridgehead atoms. The van der Waals surface area contributed by atoms with Crippen molar-refractivity contribution in [3.63, 3.8) is 0 Å². The molecule has 1 N–H and O–H groups in total. The van der Waals surface area contributed by atoms with Gasteiger partial charge < -0.3 is 14.0 Å². The molecular formula is C7H6N2O3. The first-order valence-corrected chi connectivity index (χ1v) is 3.36. The van der Waals surface area contributed by atoms with Crippen molar-refractivity contribution in [2.24, 2.45) is 0 Å². The number of aliphatic hydroxyl groups excluding tert-OH is 1. The smallest absolute Gasteiger partial charge is 0.266 e. The lowest BCUT2D eigenvalue weighted by Gasteiger charge is -1.82. The van der Waals surface area contributed by atoms with Crippen LogP contribution in [0.2, 0.25) is 0 Å². The predicted octanol–water partition coefficient (Wildman–Crippen LogP) is 0.822. The van der Waals surface area contributed by atoms with E-state index in [2.05, 4.69) is 10.1 Å². The zero-order valence-electron chi connectivity index (χ0n) is 6.10. The van der Waals surface area contributed by atoms with Gasteiger partial charge in [0.25, 0.3) is 5.89 Å². The van der Waals surface area contributed by atoms with Crippen LogP contribution in [-0.4, -0.2) is 15.2 Å². The maximum atomic E-state index is 8.68. The van der Waals surface area contributed by atoms with Crippen molar-refractivity contribution in [3.8, 4) is 11.7 Å². The topological polar surface area (TPSA) is 72.3 Å². The largest absolute Gasteiger partial charge is 0.442 e. The summed E-state index contributed by atoms with van der Waals surface area (Å²) < 4.78 is 9.78. The molecule has 0 unspecified atom stereocenters. The van der Waals surface area contributed by atoms with Crippen LogP contribution in [0.25, 0.3) is 11.7 Å². The summed E-state index contributed by atoms with van der Waals surface area (Å²) in [5, 5.41) is 12.2. The van der Waals surface area contributed by atoms with E-state index in [-0.39, 0.29) is 6.61 Å². The normalized spacial score (nSPS) is 10.4. The average Bonchev–Trinajstić information content (AvgIpc) is 2.75. The highest BCUT2D eigenvalue weighted by Gasteiger charge is 2.08. The Labute approximate surface area is 67.6 Å². The summed E-state index contributed by atoms with van der Waals surface area (Å²) in [6, 6.07) is 1.63. The molecule has 12 heavy (non-hydrogen) atoms. The Balaban J connectivity index is 2.35. The van der Waals surface area contributed by atoms with E-state index in [1.165, 1.54) is 12.5 Å². The molecule has 0 aliphatic carbocycles. The molecule has 0 aliphatic rings. The molecule has 0 aromatic carbocycles. The van der Waals surface area contributed by atoms with Crippen molar-refractivity contribution >= 4 is 0 Å². The number of rotatable bonds is 2. The number of hydrogen-bond acceptors (Lipinski definition) is 5. The maximum Gasteiger partial charge on any atom is 0.266 e. The van der Waals surface area contributed by atoms with Crippen LogP contribution in [0.15, 0.2) is 27.5 Å². The summed E-state index contributed by atoms with van der Waals surface area (Å²) in [5.74, 6) is 0.784. The fourth-order valence-corrected chi connectivity index (χ4v) is 0.819. The van der Waals surface area contributed by atoms with Gasteiger partial charge in [-0.1, -0.05) is 5.16 Å². The first-order chi connectivity index (χ1) is 5.90. The second-order valence-corrected chi connectivity index (χ2v) is 2.18. The van der Waals surface area contributed by atoms with Crippen molar-refractivity contribution in [1.29, 1.82) is 0 Å². The third kappa shape index (κ3) is 1.10. The van der Waals surface area contributed by atoms with E-state index in [4.69, 9.17) is 14.0 Å². The van der Waals surface area contributed by atoms with E-state index in [9.17, 15) is 0 Å². The summed E-state index contributed by atoms with van der Waals surface area (Å²) in [6.45, 7) is -0.141. The van der Waals surface area contributed by atoms with Gasteiger partial charge in [0, 0.05) is 6.07 Å². The molecule has 0 saturated carbocycles. The van der Waals surface area contributed by atoms with Gasteiger partial charge in [0.2, 0.25) is 5.76 Å². The van der Waals surface area contributed by atoms with Crippen molar-refractivity contribution in [3.05, 3.63) is 24.2 Å². The minimum absolute atomic E-state index is 0.141. The Kier molecular flexibility index (Phi) is 1.64. The SMILES string of the molecule is OCc1coc(-c2ccno2)n1. The van der Waals surface area contributed by atoms with E-state index in [1.54, 1.807) is 6.07 Å². The van der Waals surface area contributed by atoms with Crippen LogP contribution in [0, 0.1) is 0 Å². The molecule has 0 atom stereocenters. The number of aliphatic hydroxyl groups is 1. The Hall–Kier alpha value is -1.62. The Bertz CT molecular complexity index is 352. The molecule has 2 aromatic heterocycles. The summed E-state index contributed by atoms with van der Waals surface area (Å²) in [5.41, 5.74) is 0.474. The molecular weight excluding hydrogens is 160 g/mol. The zero-order valence-corrected chi connectivity index (χ0v) is 6.10. The summed E-state index contributed by atoms with van der Waals surface area (Å²) in [4.78, 5) is 3.92. The van der Waals surface area contributed by atoms with Crippen molar-refractivity contribution in [1.82, 2.24) is 10.1 Å². The van der Waals surface area contributed by atoms with Gasteiger partial charge in [-0.2, -0.15) is 0 Å². The second-order valence-electron chi connectivity index (χ2n) is 2.18. The van der Waals surface area contributed by atoms with E-state index >= 15 is 0 Å². The highest BCUT2D eigenvalue weighted by atomic mass is 16.5. The highest BCUT2D eigenvalue weighted by Crippen LogP contribution is 2.16. The van der Waals surface area contributed by atoms with Crippen LogP contribution in [0.3, 0.4) is 0 Å². The predicted molar refractivity (Wildman–Crippen MR) is 37.9 cm³/mol. The van der Waals surface area contributed by atoms with Crippen LogP contribution in [0.4, 0.5) is 0 Å². The minimum Gasteiger partial charge on any atom is -0.442 e. The van der Waals surface area contributed by atoms with Crippen molar-refractivity contribution in [2.45, 2.75) is 6.61 Å². The lowest BCUT2D eigenvalue weighted by molar-refractivity contribution is 0.276. The summed E-state index contributed by atoms with van der Waals surface area (Å²) in [7, 11) is 0. The van der Waals surface area contributed by atoms with Crippen LogP contribution in [-0.2, 0) is 6.61 Å². The van der Waals surface area contributed by atoms with Gasteiger partial charge in [-0.3, -0.25) is 0 Å². The quantitative estimate of drug-likeness (QED) is 0.715. The van der Waals surface area contributed by atoms with Crippen LogP contribution < -0.4 is 0 Å². The molecule has 62 valence electrons. The molecule has 5 nitrogen and oxygen atoms in total. The zero-order chi connectivity index (χ0) is 8.39. The maximum absolute atomic E-state index is 8.68. The Morgan fingerprint density at radius 2 is 2.42 bits per heavy atom. The fraction of sp³-hybridized carbons (Fsp3) is 0.143. The average molecular weight is 166 g/mol. The lowest BCUT2D eigenvalue weighted by Crippen LogP contribution is -1.81. The van der Waals surface area contributed by atoms with Gasteiger partial charge in [-0.25, -0.2) is 4.98 Å². The third-order valence-corrected chi connectivity index (χ3v) is 1.36. The molecule has 0 radical (unpaired) electrons. The van der Waals surface area contributed by atoms with Gasteiger partial charge in [-0.15, -0.1) is 0 Å². The summed E-state index contributed by atoms with van der Waals surface area (Å²) >= 11 is 0. The highest BCUT2D eigenvalue weighted by molar-refractivity contribution is 5.42. The van der Waals surface area contributed by atoms with E-state index < -0.39 is 0 Å². The third-order valence-electron chi connectivity index (χ3n) is 1.36. The Morgan fingerprint density at radius 1 is 1.50 bits per heavy atom. The number of oxazole rings is 1. The fourth-order valence-electron chi connectivity index (χ4n) is 0.819. The van der Waals surface area contributed by atoms with Gasteiger partial charge >= 0.3 is 0 Å². The molecule has 5 heteroatoms. The number of aromatic nitrogens is 2. The molecule has 2 heterocycles. The van der Waals surface area contributed by atoms with E-state index in [1.807, 2.05) is 0 Å². The lowest BCUT2D eigenvalue weighted by atomic mass is 10.4. The first-order valence-electron chi connectivity index (χ1n) is 3.36. The second kappa shape index (κ2) is 2.78. The molecule has 0 aliphatic heterocycles. The monoisotopic (exact) mass is 166 g/mol. The molecule has 0 saturated heterocycles. The van der Waals surface area contributed by atoms with Crippen LogP contribution >= 0.6 is 0 Å². The molecule has 2 rings (SSSR count). The molecule has 0 spiro atoms. The molecule has 0 amide bonds. The summed E-state index contributed by atoms with van der Waals surface area (Å²) in [6.07, 6.45) is 2.87. The van der Waals surface area contributed by atoms with E-state index in [0.717, 1.165) is 0 Å². The first kappa shape index (κ1) is 7.05. The van der Waals surface area contributed by atoms with Crippen molar-refractivity contribution in [2.75, 3.05) is 0 Å². The van der Waals surface area contributed by atoms with Gasteiger partial charge in [-0.05, 0) is 0 Å². The standard InChI is InChI=1S/C7H6N2O3/c10-3-5-4-11-7(9-5)6-1-2-8-12-6/h1-2,4,10H,3H2. The number of hydrogen-bond donors (Lipinski definition) is 1. The van der Waals surface area contributed by atoms with Crippen molar-refractivity contribution < 1.29 is 14.0 Å². The van der Waals surface area contributed by atoms with Gasteiger partial charge in [0.15, 0.2) is 0 Å². The molecule has 0 fully saturated rings.